The highest BCUT2D eigenvalue weighted by molar-refractivity contribution is 7.99. The molecule has 1 fully saturated rings. The Kier molecular flexibility index (Phi) is 6.90. The van der Waals surface area contributed by atoms with E-state index in [1.807, 2.05) is 11.8 Å². The first kappa shape index (κ1) is 20.9. The molecule has 0 amide bonds. The van der Waals surface area contributed by atoms with E-state index in [4.69, 9.17) is 0 Å². The third-order valence-corrected chi connectivity index (χ3v) is 5.98. The van der Waals surface area contributed by atoms with Gasteiger partial charge in [-0.1, -0.05) is 53.7 Å². The van der Waals surface area contributed by atoms with Crippen molar-refractivity contribution in [2.45, 2.75) is 22.6 Å². The number of hydrogen-bond donors (Lipinski definition) is 0. The van der Waals surface area contributed by atoms with Crippen LogP contribution in [-0.2, 0) is 9.59 Å². The Hall–Kier alpha value is -2.83. The Balaban J connectivity index is 0.000000258. The van der Waals surface area contributed by atoms with E-state index in [1.54, 1.807) is 5.57 Å². The maximum atomic E-state index is 9.41. The van der Waals surface area contributed by atoms with Crippen molar-refractivity contribution in [2.75, 3.05) is 20.1 Å². The zero-order chi connectivity index (χ0) is 20.8. The lowest BCUT2D eigenvalue weighted by atomic mass is 9.88. The summed E-state index contributed by atoms with van der Waals surface area (Å²) in [6.07, 6.45) is 3.16. The molecule has 4 rings (SSSR count). The quantitative estimate of drug-likeness (QED) is 0.602. The number of carboxylic acids is 2. The van der Waals surface area contributed by atoms with Gasteiger partial charge >= 0.3 is 0 Å². The van der Waals surface area contributed by atoms with Gasteiger partial charge in [-0.3, -0.25) is 0 Å². The van der Waals surface area contributed by atoms with Crippen molar-refractivity contribution in [1.29, 1.82) is 0 Å². The van der Waals surface area contributed by atoms with E-state index in [1.165, 1.54) is 52.4 Å². The standard InChI is InChI=1S/C19H19NS.C4H4O4/c1-20-12-10-14(11-13-20)19-15-6-2-4-8-17(15)21-18-9-5-3-7-16(18)19;5-3(6)1-2-4(7)8/h2-9H,10-13H2,1H3;1-2H,(H,5,6)(H,7,8)/p-2/b;2-1-. The van der Waals surface area contributed by atoms with E-state index in [2.05, 4.69) is 60.5 Å². The molecule has 0 radical (unpaired) electrons. The summed E-state index contributed by atoms with van der Waals surface area (Å²) in [6, 6.07) is 17.7. The van der Waals surface area contributed by atoms with Gasteiger partial charge in [-0.15, -0.1) is 0 Å². The van der Waals surface area contributed by atoms with Crippen molar-refractivity contribution in [3.63, 3.8) is 0 Å². The van der Waals surface area contributed by atoms with Crippen LogP contribution in [0, 0.1) is 0 Å². The van der Waals surface area contributed by atoms with Gasteiger partial charge < -0.3 is 24.7 Å². The van der Waals surface area contributed by atoms with Gasteiger partial charge in [0.1, 0.15) is 0 Å². The number of carbonyl (C=O) groups is 2. The average Bonchev–Trinajstić information content (AvgIpc) is 2.72. The summed E-state index contributed by atoms with van der Waals surface area (Å²) >= 11 is 1.91. The molecule has 2 aromatic rings. The lowest BCUT2D eigenvalue weighted by molar-refractivity contribution is -0.301. The van der Waals surface area contributed by atoms with Gasteiger partial charge in [-0.2, -0.15) is 0 Å². The van der Waals surface area contributed by atoms with Crippen LogP contribution < -0.4 is 10.2 Å². The Morgan fingerprint density at radius 1 is 0.862 bits per heavy atom. The Morgan fingerprint density at radius 2 is 1.31 bits per heavy atom. The Bertz CT molecular complexity index is 907. The number of hydrogen-bond acceptors (Lipinski definition) is 6. The van der Waals surface area contributed by atoms with Crippen molar-refractivity contribution in [1.82, 2.24) is 4.90 Å². The summed E-state index contributed by atoms with van der Waals surface area (Å²) in [5.41, 5.74) is 6.00. The second-order valence-electron chi connectivity index (χ2n) is 6.85. The second kappa shape index (κ2) is 9.58. The first-order chi connectivity index (χ1) is 14.0. The topological polar surface area (TPSA) is 83.5 Å². The van der Waals surface area contributed by atoms with Crippen LogP contribution in [0.2, 0.25) is 0 Å². The number of rotatable bonds is 2. The van der Waals surface area contributed by atoms with Gasteiger partial charge in [0.15, 0.2) is 0 Å². The lowest BCUT2D eigenvalue weighted by Crippen LogP contribution is -2.27. The van der Waals surface area contributed by atoms with Crippen molar-refractivity contribution in [3.8, 4) is 0 Å². The zero-order valence-electron chi connectivity index (χ0n) is 16.1. The third-order valence-electron chi connectivity index (χ3n) is 4.83. The molecule has 2 aliphatic heterocycles. The highest BCUT2D eigenvalue weighted by Gasteiger charge is 2.24. The minimum Gasteiger partial charge on any atom is -0.545 e. The molecule has 0 spiro atoms. The minimum absolute atomic E-state index is 0.384. The molecule has 2 aromatic carbocycles. The molecule has 2 aliphatic rings. The van der Waals surface area contributed by atoms with Crippen LogP contribution >= 0.6 is 11.8 Å². The summed E-state index contributed by atoms with van der Waals surface area (Å²) in [6.45, 7) is 2.35. The molecule has 5 nitrogen and oxygen atoms in total. The number of aliphatic carboxylic acids is 2. The monoisotopic (exact) mass is 407 g/mol. The second-order valence-corrected chi connectivity index (χ2v) is 7.93. The van der Waals surface area contributed by atoms with Gasteiger partial charge in [-0.25, -0.2) is 0 Å². The zero-order valence-corrected chi connectivity index (χ0v) is 16.9. The fourth-order valence-corrected chi connectivity index (χ4v) is 4.53. The minimum atomic E-state index is -1.55. The Labute approximate surface area is 174 Å². The van der Waals surface area contributed by atoms with E-state index < -0.39 is 11.9 Å². The fraction of sp³-hybridized carbons (Fsp3) is 0.217. The number of carbonyl (C=O) groups excluding carboxylic acids is 2. The van der Waals surface area contributed by atoms with Gasteiger partial charge in [0, 0.05) is 22.9 Å². The first-order valence-corrected chi connectivity index (χ1v) is 10.1. The molecule has 6 heteroatoms. The highest BCUT2D eigenvalue weighted by Crippen LogP contribution is 2.47. The van der Waals surface area contributed by atoms with E-state index in [0.717, 1.165) is 0 Å². The average molecular weight is 407 g/mol. The number of fused-ring (bicyclic) bond motifs is 2. The SMILES string of the molecule is CN1CCC(=C2c3ccccc3Sc3ccccc32)CC1.O=C([O-])/C=C\C(=O)[O-]. The number of carboxylic acid groups (broad SMARTS) is 2. The van der Waals surface area contributed by atoms with Crippen molar-refractivity contribution >= 4 is 29.3 Å². The van der Waals surface area contributed by atoms with E-state index in [-0.39, 0.29) is 0 Å². The van der Waals surface area contributed by atoms with E-state index in [9.17, 15) is 19.8 Å². The molecule has 0 unspecified atom stereocenters. The predicted molar refractivity (Wildman–Crippen MR) is 109 cm³/mol. The predicted octanol–water partition coefficient (Wildman–Crippen LogP) is 1.72. The van der Waals surface area contributed by atoms with Gasteiger partial charge in [-0.05, 0) is 60.9 Å². The molecule has 0 bridgehead atoms. The fourth-order valence-electron chi connectivity index (χ4n) is 3.44. The number of nitrogens with zero attached hydrogens (tertiary/aromatic N) is 1. The Morgan fingerprint density at radius 3 is 1.76 bits per heavy atom. The largest absolute Gasteiger partial charge is 0.545 e. The van der Waals surface area contributed by atoms with E-state index >= 15 is 0 Å². The summed E-state index contributed by atoms with van der Waals surface area (Å²) in [4.78, 5) is 24.1. The number of piperidine rings is 1. The molecule has 1 saturated heterocycles. The summed E-state index contributed by atoms with van der Waals surface area (Å²) in [5.74, 6) is -3.09. The number of likely N-dealkylation sites (tertiary alicyclic amines) is 1. The van der Waals surface area contributed by atoms with Crippen LogP contribution in [0.4, 0.5) is 0 Å². The lowest BCUT2D eigenvalue weighted by Gasteiger charge is -2.30. The summed E-state index contributed by atoms with van der Waals surface area (Å²) in [5, 5.41) is 18.8. The molecule has 150 valence electrons. The van der Waals surface area contributed by atoms with Crippen LogP contribution in [0.25, 0.3) is 5.57 Å². The molecule has 0 atom stereocenters. The van der Waals surface area contributed by atoms with Crippen molar-refractivity contribution in [3.05, 3.63) is 77.4 Å². The maximum absolute atomic E-state index is 9.41. The smallest absolute Gasteiger partial charge is 0.0643 e. The number of benzene rings is 2. The molecule has 29 heavy (non-hydrogen) atoms. The maximum Gasteiger partial charge on any atom is 0.0643 e. The molecular formula is C23H21NO4S-2. The molecular weight excluding hydrogens is 386 g/mol. The molecule has 0 aliphatic carbocycles. The summed E-state index contributed by atoms with van der Waals surface area (Å²) in [7, 11) is 2.22. The van der Waals surface area contributed by atoms with Crippen LogP contribution in [0.15, 0.2) is 76.0 Å². The van der Waals surface area contributed by atoms with Crippen molar-refractivity contribution in [2.24, 2.45) is 0 Å². The molecule has 0 saturated carbocycles. The first-order valence-electron chi connectivity index (χ1n) is 9.33. The third kappa shape index (κ3) is 5.37. The molecule has 0 N–H and O–H groups in total. The van der Waals surface area contributed by atoms with Gasteiger partial charge in [0.25, 0.3) is 0 Å². The molecule has 0 aromatic heterocycles. The van der Waals surface area contributed by atoms with Gasteiger partial charge in [0.05, 0.1) is 11.9 Å². The van der Waals surface area contributed by atoms with Gasteiger partial charge in [0.2, 0.25) is 0 Å². The van der Waals surface area contributed by atoms with Crippen LogP contribution in [-0.4, -0.2) is 37.0 Å². The molecule has 2 heterocycles. The van der Waals surface area contributed by atoms with E-state index in [0.29, 0.717) is 12.2 Å². The van der Waals surface area contributed by atoms with Crippen molar-refractivity contribution < 1.29 is 19.8 Å². The van der Waals surface area contributed by atoms with Crippen LogP contribution in [0.3, 0.4) is 0 Å². The highest BCUT2D eigenvalue weighted by atomic mass is 32.2. The van der Waals surface area contributed by atoms with Crippen LogP contribution in [0.5, 0.6) is 0 Å². The summed E-state index contributed by atoms with van der Waals surface area (Å²) < 4.78 is 0. The normalized spacial score (nSPS) is 15.9. The van der Waals surface area contributed by atoms with Crippen LogP contribution in [0.1, 0.15) is 24.0 Å².